The quantitative estimate of drug-likeness (QED) is 0.374. The molecule has 0 bridgehead atoms. The van der Waals surface area contributed by atoms with Crippen molar-refractivity contribution < 1.29 is 32.1 Å². The lowest BCUT2D eigenvalue weighted by Gasteiger charge is -2.24. The van der Waals surface area contributed by atoms with Crippen molar-refractivity contribution in [1.29, 1.82) is 0 Å². The Morgan fingerprint density at radius 3 is 2.19 bits per heavy atom. The van der Waals surface area contributed by atoms with Gasteiger partial charge in [-0.05, 0) is 49.2 Å². The number of aromatic nitrogens is 2. The third-order valence-electron chi connectivity index (χ3n) is 5.80. The molecule has 3 aromatic rings. The highest BCUT2D eigenvalue weighted by Crippen LogP contribution is 2.28. The van der Waals surface area contributed by atoms with E-state index in [4.69, 9.17) is 18.9 Å². The maximum Gasteiger partial charge on any atom is 0.431 e. The molecule has 0 fully saturated rings. The molecule has 8 nitrogen and oxygen atoms in total. The van der Waals surface area contributed by atoms with Crippen LogP contribution in [0.5, 0.6) is 11.5 Å². The average Bonchev–Trinajstić information content (AvgIpc) is 2.86. The van der Waals surface area contributed by atoms with E-state index in [-0.39, 0.29) is 12.3 Å². The Kier molecular flexibility index (Phi) is 8.82. The summed E-state index contributed by atoms with van der Waals surface area (Å²) in [6.45, 7) is 4.01. The molecule has 37 heavy (non-hydrogen) atoms. The molecule has 11 heteroatoms. The Bertz CT molecular complexity index is 1330. The fraction of sp³-hybridized carbons (Fsp3) is 0.385. The van der Waals surface area contributed by atoms with Crippen LogP contribution in [0.25, 0.3) is 5.69 Å². The van der Waals surface area contributed by atoms with Crippen molar-refractivity contribution in [2.75, 3.05) is 14.2 Å². The van der Waals surface area contributed by atoms with Crippen LogP contribution >= 0.6 is 0 Å². The van der Waals surface area contributed by atoms with Gasteiger partial charge in [-0.1, -0.05) is 19.1 Å². The zero-order valence-electron chi connectivity index (χ0n) is 21.2. The van der Waals surface area contributed by atoms with Crippen LogP contribution in [0, 0.1) is 0 Å². The second kappa shape index (κ2) is 11.7. The maximum atomic E-state index is 13.1. The summed E-state index contributed by atoms with van der Waals surface area (Å²) in [5.41, 5.74) is -1.55. The first-order valence-corrected chi connectivity index (χ1v) is 11.5. The highest BCUT2D eigenvalue weighted by molar-refractivity contribution is 5.40. The van der Waals surface area contributed by atoms with Crippen LogP contribution in [0.1, 0.15) is 30.7 Å². The number of rotatable bonds is 10. The van der Waals surface area contributed by atoms with Crippen LogP contribution in [-0.2, 0) is 35.7 Å². The summed E-state index contributed by atoms with van der Waals surface area (Å²) >= 11 is 0. The van der Waals surface area contributed by atoms with Gasteiger partial charge in [0.05, 0.1) is 5.69 Å². The number of aryl methyl sites for hydroxylation is 1. The number of alkyl halides is 3. The van der Waals surface area contributed by atoms with Gasteiger partial charge < -0.3 is 18.9 Å². The summed E-state index contributed by atoms with van der Waals surface area (Å²) in [7, 11) is 4.02. The van der Waals surface area contributed by atoms with Crippen molar-refractivity contribution in [3.05, 3.63) is 86.2 Å². The summed E-state index contributed by atoms with van der Waals surface area (Å²) in [5, 5.41) is 0. The minimum atomic E-state index is -4.83. The van der Waals surface area contributed by atoms with E-state index in [0.717, 1.165) is 24.6 Å². The normalized spacial score (nSPS) is 12.6. The molecule has 0 aliphatic rings. The van der Waals surface area contributed by atoms with Gasteiger partial charge in [-0.2, -0.15) is 13.2 Å². The summed E-state index contributed by atoms with van der Waals surface area (Å²) in [4.78, 5) is 24.8. The van der Waals surface area contributed by atoms with Crippen LogP contribution in [-0.4, -0.2) is 35.7 Å². The molecule has 0 spiro atoms. The van der Waals surface area contributed by atoms with E-state index in [9.17, 15) is 22.8 Å². The van der Waals surface area contributed by atoms with Gasteiger partial charge in [-0.3, -0.25) is 9.36 Å². The standard InChI is InChI=1S/C26H29F3N2O6/c1-6-17-7-8-18(21(13-17)37-16(2)24(34-4)35-5)15-36-20-11-9-19(10-12-20)31-23(32)14-22(26(27,28)29)30(3)25(31)33/h7-14,16,24H,6,15H2,1-5H3. The Morgan fingerprint density at radius 1 is 0.973 bits per heavy atom. The van der Waals surface area contributed by atoms with Crippen molar-refractivity contribution in [3.63, 3.8) is 0 Å². The first-order valence-electron chi connectivity index (χ1n) is 11.5. The molecule has 200 valence electrons. The predicted molar refractivity (Wildman–Crippen MR) is 130 cm³/mol. The molecule has 0 amide bonds. The molecule has 3 rings (SSSR count). The molecule has 1 atom stereocenters. The zero-order chi connectivity index (χ0) is 27.3. The third kappa shape index (κ3) is 6.41. The Labute approximate surface area is 211 Å². The lowest BCUT2D eigenvalue weighted by molar-refractivity contribution is -0.151. The highest BCUT2D eigenvalue weighted by atomic mass is 19.4. The number of hydrogen-bond donors (Lipinski definition) is 0. The zero-order valence-corrected chi connectivity index (χ0v) is 21.2. The van der Waals surface area contributed by atoms with Gasteiger partial charge in [-0.25, -0.2) is 9.36 Å². The van der Waals surface area contributed by atoms with Gasteiger partial charge in [0.15, 0.2) is 6.29 Å². The smallest absolute Gasteiger partial charge is 0.431 e. The maximum absolute atomic E-state index is 13.1. The Balaban J connectivity index is 1.82. The number of benzene rings is 2. The van der Waals surface area contributed by atoms with E-state index in [1.807, 2.05) is 32.0 Å². The first-order chi connectivity index (χ1) is 17.5. The van der Waals surface area contributed by atoms with Crippen LogP contribution in [0.15, 0.2) is 58.1 Å². The molecular weight excluding hydrogens is 493 g/mol. The molecule has 0 aliphatic heterocycles. The summed E-state index contributed by atoms with van der Waals surface area (Å²) < 4.78 is 62.8. The third-order valence-corrected chi connectivity index (χ3v) is 5.80. The molecule has 2 aromatic carbocycles. The number of methoxy groups -OCH3 is 2. The van der Waals surface area contributed by atoms with E-state index < -0.39 is 35.5 Å². The molecule has 1 heterocycles. The molecule has 0 N–H and O–H groups in total. The van der Waals surface area contributed by atoms with Gasteiger partial charge in [0.1, 0.15) is 29.9 Å². The summed E-state index contributed by atoms with van der Waals surface area (Å²) in [5.74, 6) is 1.04. The van der Waals surface area contributed by atoms with Gasteiger partial charge in [0.25, 0.3) is 5.56 Å². The number of nitrogens with zero attached hydrogens (tertiary/aromatic N) is 2. The first kappa shape index (κ1) is 28.0. The Hall–Kier alpha value is -3.57. The average molecular weight is 523 g/mol. The van der Waals surface area contributed by atoms with Crippen LogP contribution in [0.2, 0.25) is 0 Å². The highest BCUT2D eigenvalue weighted by Gasteiger charge is 2.35. The van der Waals surface area contributed by atoms with Crippen molar-refractivity contribution in [3.8, 4) is 17.2 Å². The molecule has 0 saturated carbocycles. The van der Waals surface area contributed by atoms with Crippen molar-refractivity contribution in [2.45, 2.75) is 45.4 Å². The minimum Gasteiger partial charge on any atom is -0.489 e. The SMILES string of the molecule is CCc1ccc(COc2ccc(-n3c(=O)cc(C(F)(F)F)n(C)c3=O)cc2)c(OC(C)C(OC)OC)c1. The van der Waals surface area contributed by atoms with E-state index >= 15 is 0 Å². The number of halogens is 3. The van der Waals surface area contributed by atoms with E-state index in [2.05, 4.69) is 0 Å². The van der Waals surface area contributed by atoms with E-state index in [1.54, 1.807) is 0 Å². The Morgan fingerprint density at radius 2 is 1.62 bits per heavy atom. The van der Waals surface area contributed by atoms with Gasteiger partial charge in [0.2, 0.25) is 0 Å². The van der Waals surface area contributed by atoms with E-state index in [1.165, 1.54) is 38.5 Å². The van der Waals surface area contributed by atoms with Crippen LogP contribution < -0.4 is 20.7 Å². The van der Waals surface area contributed by atoms with Crippen molar-refractivity contribution in [2.24, 2.45) is 7.05 Å². The number of hydrogen-bond acceptors (Lipinski definition) is 6. The second-order valence-corrected chi connectivity index (χ2v) is 8.28. The number of ether oxygens (including phenoxy) is 4. The monoisotopic (exact) mass is 522 g/mol. The lowest BCUT2D eigenvalue weighted by atomic mass is 10.1. The van der Waals surface area contributed by atoms with Gasteiger partial charge >= 0.3 is 11.9 Å². The summed E-state index contributed by atoms with van der Waals surface area (Å²) in [6, 6.07) is 12.1. The molecule has 0 radical (unpaired) electrons. The fourth-order valence-electron chi connectivity index (χ4n) is 3.77. The molecule has 0 saturated heterocycles. The second-order valence-electron chi connectivity index (χ2n) is 8.28. The largest absolute Gasteiger partial charge is 0.489 e. The topological polar surface area (TPSA) is 80.9 Å². The predicted octanol–water partition coefficient (Wildman–Crippen LogP) is 4.08. The van der Waals surface area contributed by atoms with Crippen LogP contribution in [0.4, 0.5) is 13.2 Å². The van der Waals surface area contributed by atoms with Crippen molar-refractivity contribution in [1.82, 2.24) is 9.13 Å². The van der Waals surface area contributed by atoms with Crippen molar-refractivity contribution >= 4 is 0 Å². The lowest BCUT2D eigenvalue weighted by Crippen LogP contribution is -2.40. The van der Waals surface area contributed by atoms with Gasteiger partial charge in [-0.15, -0.1) is 0 Å². The summed E-state index contributed by atoms with van der Waals surface area (Å²) in [6.07, 6.45) is -4.97. The van der Waals surface area contributed by atoms with E-state index in [0.29, 0.717) is 26.7 Å². The molecule has 0 aliphatic carbocycles. The molecule has 1 unspecified atom stereocenters. The molecular formula is C26H29F3N2O6. The minimum absolute atomic E-state index is 0.113. The van der Waals surface area contributed by atoms with Gasteiger partial charge in [0, 0.05) is 32.9 Å². The van der Waals surface area contributed by atoms with Crippen LogP contribution in [0.3, 0.4) is 0 Å². The fourth-order valence-corrected chi connectivity index (χ4v) is 3.77. The molecule has 1 aromatic heterocycles.